The van der Waals surface area contributed by atoms with Crippen LogP contribution < -0.4 is 4.74 Å². The number of carboxylic acid groups (broad SMARTS) is 1. The van der Waals surface area contributed by atoms with Crippen LogP contribution in [0.25, 0.3) is 6.08 Å². The number of benzene rings is 1. The molecule has 1 N–H and O–H groups in total. The Morgan fingerprint density at radius 3 is 2.56 bits per heavy atom. The van der Waals surface area contributed by atoms with Crippen molar-refractivity contribution in [1.29, 1.82) is 0 Å². The SMILES string of the molecule is C=C/C=C(\C=C)CS(=O)(=O)c1ccc2c(c1)C=C(C(=O)O)C(C(F)(F)P)O2. The number of hydrogen-bond acceptors (Lipinski definition) is 4. The van der Waals surface area contributed by atoms with Gasteiger partial charge in [-0.25, -0.2) is 13.2 Å². The van der Waals surface area contributed by atoms with E-state index in [-0.39, 0.29) is 22.0 Å². The number of carbonyl (C=O) groups is 1. The first kappa shape index (κ1) is 21.0. The Morgan fingerprint density at radius 1 is 1.37 bits per heavy atom. The lowest BCUT2D eigenvalue weighted by Crippen LogP contribution is -2.39. The van der Waals surface area contributed by atoms with Crippen LogP contribution in [0.2, 0.25) is 0 Å². The number of sulfone groups is 1. The van der Waals surface area contributed by atoms with Crippen molar-refractivity contribution in [2.75, 3.05) is 5.75 Å². The van der Waals surface area contributed by atoms with Crippen LogP contribution in [0.15, 0.2) is 65.6 Å². The number of carboxylic acids is 1. The van der Waals surface area contributed by atoms with Crippen molar-refractivity contribution in [1.82, 2.24) is 0 Å². The Bertz CT molecular complexity index is 958. The lowest BCUT2D eigenvalue weighted by atomic mass is 10.0. The zero-order chi connectivity index (χ0) is 20.4. The molecule has 144 valence electrons. The summed E-state index contributed by atoms with van der Waals surface area (Å²) < 4.78 is 57.6. The molecule has 0 radical (unpaired) electrons. The highest BCUT2D eigenvalue weighted by Gasteiger charge is 2.44. The molecule has 27 heavy (non-hydrogen) atoms. The molecule has 1 aliphatic rings. The minimum atomic E-state index is -3.78. The molecule has 1 aliphatic heterocycles. The van der Waals surface area contributed by atoms with Crippen molar-refractivity contribution in [2.45, 2.75) is 16.7 Å². The van der Waals surface area contributed by atoms with Crippen LogP contribution in [0.4, 0.5) is 8.78 Å². The lowest BCUT2D eigenvalue weighted by Gasteiger charge is -2.29. The standard InChI is InChI=1S/C18H17F2O5PS/c1-3-5-11(4-2)10-27(23,24)13-6-7-15-12(8-13)9-14(17(21)22)16(25-15)18(19,20)26/h3-9,16H,1-2,10,26H2,(H,21,22)/b11-5+. The van der Waals surface area contributed by atoms with Crippen molar-refractivity contribution < 1.29 is 31.8 Å². The van der Waals surface area contributed by atoms with Crippen LogP contribution in [-0.2, 0) is 14.6 Å². The highest BCUT2D eigenvalue weighted by molar-refractivity contribution is 7.91. The third-order valence-electron chi connectivity index (χ3n) is 3.73. The molecule has 0 saturated heterocycles. The summed E-state index contributed by atoms with van der Waals surface area (Å²) in [6.45, 7) is 7.04. The zero-order valence-corrected chi connectivity index (χ0v) is 16.0. The second-order valence-electron chi connectivity index (χ2n) is 5.72. The minimum absolute atomic E-state index is 0.0309. The normalized spacial score (nSPS) is 17.4. The fourth-order valence-electron chi connectivity index (χ4n) is 2.46. The van der Waals surface area contributed by atoms with Gasteiger partial charge in [0.25, 0.3) is 5.66 Å². The highest BCUT2D eigenvalue weighted by atomic mass is 32.2. The molecule has 1 aromatic rings. The molecular weight excluding hydrogens is 397 g/mol. The Labute approximate surface area is 157 Å². The second-order valence-corrected chi connectivity index (χ2v) is 8.48. The molecule has 2 atom stereocenters. The molecule has 2 rings (SSSR count). The van der Waals surface area contributed by atoms with Crippen LogP contribution >= 0.6 is 9.24 Å². The first-order chi connectivity index (χ1) is 12.5. The predicted octanol–water partition coefficient (Wildman–Crippen LogP) is 3.46. The van der Waals surface area contributed by atoms with Gasteiger partial charge in [-0.05, 0) is 29.8 Å². The number of halogens is 2. The van der Waals surface area contributed by atoms with E-state index in [1.165, 1.54) is 45.7 Å². The van der Waals surface area contributed by atoms with Crippen LogP contribution in [0.1, 0.15) is 5.56 Å². The summed E-state index contributed by atoms with van der Waals surface area (Å²) >= 11 is 0. The van der Waals surface area contributed by atoms with Crippen molar-refractivity contribution >= 4 is 31.1 Å². The third kappa shape index (κ3) is 4.70. The van der Waals surface area contributed by atoms with Crippen LogP contribution in [0.5, 0.6) is 5.75 Å². The summed E-state index contributed by atoms with van der Waals surface area (Å²) in [6, 6.07) is 3.64. The van der Waals surface area contributed by atoms with Crippen molar-refractivity contribution in [2.24, 2.45) is 0 Å². The van der Waals surface area contributed by atoms with E-state index in [9.17, 15) is 27.1 Å². The summed E-state index contributed by atoms with van der Waals surface area (Å²) in [4.78, 5) is 11.2. The molecule has 0 aliphatic carbocycles. The number of alkyl halides is 2. The number of hydrogen-bond donors (Lipinski definition) is 1. The van der Waals surface area contributed by atoms with Gasteiger partial charge in [-0.15, -0.1) is 0 Å². The van der Waals surface area contributed by atoms with E-state index in [0.29, 0.717) is 5.57 Å². The van der Waals surface area contributed by atoms with Gasteiger partial charge in [0.2, 0.25) is 0 Å². The van der Waals surface area contributed by atoms with Gasteiger partial charge in [-0.3, -0.25) is 0 Å². The van der Waals surface area contributed by atoms with Gasteiger partial charge < -0.3 is 9.84 Å². The van der Waals surface area contributed by atoms with Gasteiger partial charge >= 0.3 is 5.97 Å². The fraction of sp³-hybridized carbons (Fsp3) is 0.167. The molecule has 0 saturated carbocycles. The minimum Gasteiger partial charge on any atom is -0.478 e. The van der Waals surface area contributed by atoms with Gasteiger partial charge in [0, 0.05) is 5.56 Å². The molecular formula is C18H17F2O5PS. The van der Waals surface area contributed by atoms with E-state index in [2.05, 4.69) is 13.2 Å². The van der Waals surface area contributed by atoms with Gasteiger partial charge in [0.15, 0.2) is 15.9 Å². The highest BCUT2D eigenvalue weighted by Crippen LogP contribution is 2.40. The average Bonchev–Trinajstić information content (AvgIpc) is 2.58. The maximum atomic E-state index is 13.7. The molecule has 9 heteroatoms. The number of allylic oxidation sites excluding steroid dienone is 3. The van der Waals surface area contributed by atoms with Crippen LogP contribution in [-0.4, -0.2) is 37.0 Å². The molecule has 2 unspecified atom stereocenters. The van der Waals surface area contributed by atoms with E-state index in [4.69, 9.17) is 4.74 Å². The van der Waals surface area contributed by atoms with Crippen molar-refractivity contribution in [3.8, 4) is 5.75 Å². The van der Waals surface area contributed by atoms with Gasteiger partial charge in [-0.2, -0.15) is 8.78 Å². The summed E-state index contributed by atoms with van der Waals surface area (Å²) in [7, 11) is -2.53. The third-order valence-corrected chi connectivity index (χ3v) is 5.71. The predicted molar refractivity (Wildman–Crippen MR) is 102 cm³/mol. The molecule has 0 amide bonds. The molecule has 1 aromatic carbocycles. The van der Waals surface area contributed by atoms with Crippen LogP contribution in [0.3, 0.4) is 0 Å². The molecule has 0 spiro atoms. The lowest BCUT2D eigenvalue weighted by molar-refractivity contribution is -0.135. The summed E-state index contributed by atoms with van der Waals surface area (Å²) in [5.41, 5.74) is -3.67. The van der Waals surface area contributed by atoms with Gasteiger partial charge in [-0.1, -0.05) is 40.6 Å². The monoisotopic (exact) mass is 414 g/mol. The van der Waals surface area contributed by atoms with E-state index in [1.54, 1.807) is 0 Å². The Balaban J connectivity index is 2.49. The largest absolute Gasteiger partial charge is 0.478 e. The van der Waals surface area contributed by atoms with Crippen molar-refractivity contribution in [3.63, 3.8) is 0 Å². The number of fused-ring (bicyclic) bond motifs is 1. The summed E-state index contributed by atoms with van der Waals surface area (Å²) in [6.07, 6.45) is 3.31. The zero-order valence-electron chi connectivity index (χ0n) is 14.1. The second kappa shape index (κ2) is 7.74. The number of rotatable bonds is 7. The molecule has 0 fully saturated rings. The Hall–Kier alpha value is -2.31. The van der Waals surface area contributed by atoms with E-state index >= 15 is 0 Å². The summed E-state index contributed by atoms with van der Waals surface area (Å²) in [5, 5.41) is 9.20. The molecule has 0 bridgehead atoms. The smallest absolute Gasteiger partial charge is 0.335 e. The van der Waals surface area contributed by atoms with E-state index in [0.717, 1.165) is 6.08 Å². The summed E-state index contributed by atoms with van der Waals surface area (Å²) in [5.74, 6) is -1.95. The van der Waals surface area contributed by atoms with Gasteiger partial charge in [0.1, 0.15) is 5.75 Å². The fourth-order valence-corrected chi connectivity index (χ4v) is 4.11. The first-order valence-corrected chi connectivity index (χ1v) is 9.81. The maximum Gasteiger partial charge on any atom is 0.335 e. The molecule has 0 aromatic heterocycles. The average molecular weight is 414 g/mol. The maximum absolute atomic E-state index is 13.7. The number of ether oxygens (including phenoxy) is 1. The van der Waals surface area contributed by atoms with Crippen molar-refractivity contribution in [3.05, 3.63) is 66.3 Å². The molecule has 5 nitrogen and oxygen atoms in total. The Morgan fingerprint density at radius 2 is 2.04 bits per heavy atom. The first-order valence-electron chi connectivity index (χ1n) is 7.58. The molecule has 1 heterocycles. The van der Waals surface area contributed by atoms with Gasteiger partial charge in [0.05, 0.1) is 16.2 Å². The van der Waals surface area contributed by atoms with E-state index < -0.39 is 33.1 Å². The van der Waals surface area contributed by atoms with E-state index in [1.807, 2.05) is 0 Å². The number of aliphatic carboxylic acids is 1. The quantitative estimate of drug-likeness (QED) is 0.546. The van der Waals surface area contributed by atoms with Crippen LogP contribution in [0, 0.1) is 0 Å². The Kier molecular flexibility index (Phi) is 6.02. The topological polar surface area (TPSA) is 80.7 Å².